The standard InChI is InChI=1S/C14H12ClN3O4S2/c15-12-8-17-14-11(12)2-1-3-13(14)18-24(19,20)10-6-4-9(5-7-10)23-22-21-16/h1-8,17-18H,16H2. The summed E-state index contributed by atoms with van der Waals surface area (Å²) < 4.78 is 32.1. The summed E-state index contributed by atoms with van der Waals surface area (Å²) in [4.78, 5) is 7.68. The quantitative estimate of drug-likeness (QED) is 0.341. The monoisotopic (exact) mass is 385 g/mol. The summed E-state index contributed by atoms with van der Waals surface area (Å²) >= 11 is 6.92. The smallest absolute Gasteiger partial charge is 0.261 e. The van der Waals surface area contributed by atoms with Crippen LogP contribution in [0.25, 0.3) is 10.9 Å². The molecule has 1 heterocycles. The molecule has 0 atom stereocenters. The Labute approximate surface area is 147 Å². The van der Waals surface area contributed by atoms with Crippen molar-refractivity contribution in [1.82, 2.24) is 4.98 Å². The van der Waals surface area contributed by atoms with Crippen LogP contribution in [0.2, 0.25) is 5.02 Å². The Hall–Kier alpha value is -1.75. The van der Waals surface area contributed by atoms with E-state index in [1.54, 1.807) is 36.5 Å². The summed E-state index contributed by atoms with van der Waals surface area (Å²) in [5, 5.41) is 1.26. The number of halogens is 1. The molecular weight excluding hydrogens is 374 g/mol. The minimum Gasteiger partial charge on any atom is -0.358 e. The molecule has 0 amide bonds. The second-order valence-corrected chi connectivity index (χ2v) is 7.55. The molecule has 0 spiro atoms. The van der Waals surface area contributed by atoms with Gasteiger partial charge in [-0.15, -0.1) is 9.32 Å². The van der Waals surface area contributed by atoms with Gasteiger partial charge in [-0.3, -0.25) is 4.72 Å². The molecule has 3 aromatic rings. The summed E-state index contributed by atoms with van der Waals surface area (Å²) in [6.07, 6.45) is 1.61. The maximum atomic E-state index is 12.5. The van der Waals surface area contributed by atoms with Crippen molar-refractivity contribution in [2.45, 2.75) is 9.79 Å². The van der Waals surface area contributed by atoms with E-state index in [9.17, 15) is 8.42 Å². The maximum absolute atomic E-state index is 12.5. The predicted octanol–water partition coefficient (Wildman–Crippen LogP) is 3.45. The third kappa shape index (κ3) is 3.51. The van der Waals surface area contributed by atoms with Crippen LogP contribution in [0.5, 0.6) is 0 Å². The van der Waals surface area contributed by atoms with E-state index in [0.717, 1.165) is 17.4 Å². The van der Waals surface area contributed by atoms with Gasteiger partial charge in [0.05, 0.1) is 33.2 Å². The van der Waals surface area contributed by atoms with Crippen molar-refractivity contribution in [2.75, 3.05) is 4.72 Å². The maximum Gasteiger partial charge on any atom is 0.261 e. The Morgan fingerprint density at radius 2 is 1.92 bits per heavy atom. The molecule has 126 valence electrons. The molecule has 1 aromatic heterocycles. The number of aromatic amines is 1. The first-order chi connectivity index (χ1) is 11.5. The van der Waals surface area contributed by atoms with Crippen LogP contribution in [0.1, 0.15) is 0 Å². The first kappa shape index (κ1) is 17.1. The van der Waals surface area contributed by atoms with Crippen LogP contribution in [-0.4, -0.2) is 13.4 Å². The van der Waals surface area contributed by atoms with E-state index in [2.05, 4.69) is 19.0 Å². The second-order valence-electron chi connectivity index (χ2n) is 4.69. The summed E-state index contributed by atoms with van der Waals surface area (Å²) in [5.41, 5.74) is 1.03. The molecule has 0 radical (unpaired) electrons. The summed E-state index contributed by atoms with van der Waals surface area (Å²) in [6.45, 7) is 0. The molecule has 0 aliphatic heterocycles. The highest BCUT2D eigenvalue weighted by molar-refractivity contribution is 7.94. The first-order valence-corrected chi connectivity index (χ1v) is 9.20. The third-order valence-corrected chi connectivity index (χ3v) is 5.52. The normalized spacial score (nSPS) is 11.8. The number of sulfonamides is 1. The minimum atomic E-state index is -3.75. The molecule has 0 unspecified atom stereocenters. The fourth-order valence-corrected chi connectivity index (χ4v) is 3.79. The number of anilines is 1. The Kier molecular flexibility index (Phi) is 4.99. The number of hydrogen-bond donors (Lipinski definition) is 3. The van der Waals surface area contributed by atoms with Gasteiger partial charge in [0, 0.05) is 16.5 Å². The van der Waals surface area contributed by atoms with Gasteiger partial charge in [0.2, 0.25) is 0 Å². The highest BCUT2D eigenvalue weighted by atomic mass is 35.5. The van der Waals surface area contributed by atoms with Gasteiger partial charge in [-0.05, 0) is 30.3 Å². The van der Waals surface area contributed by atoms with E-state index < -0.39 is 10.0 Å². The number of para-hydroxylation sites is 1. The summed E-state index contributed by atoms with van der Waals surface area (Å²) in [7, 11) is -3.75. The van der Waals surface area contributed by atoms with Crippen LogP contribution in [-0.2, 0) is 19.3 Å². The van der Waals surface area contributed by atoms with Gasteiger partial charge in [-0.2, -0.15) is 5.90 Å². The molecule has 4 N–H and O–H groups in total. The van der Waals surface area contributed by atoms with Gasteiger partial charge >= 0.3 is 0 Å². The van der Waals surface area contributed by atoms with E-state index in [4.69, 9.17) is 17.5 Å². The van der Waals surface area contributed by atoms with Gasteiger partial charge in [0.25, 0.3) is 10.0 Å². The lowest BCUT2D eigenvalue weighted by Crippen LogP contribution is -2.13. The van der Waals surface area contributed by atoms with Crippen LogP contribution < -0.4 is 10.6 Å². The van der Waals surface area contributed by atoms with Gasteiger partial charge in [0.1, 0.15) is 0 Å². The Bertz CT molecular complexity index is 958. The number of benzene rings is 2. The van der Waals surface area contributed by atoms with Crippen molar-refractivity contribution >= 4 is 50.3 Å². The van der Waals surface area contributed by atoms with E-state index in [0.29, 0.717) is 21.1 Å². The van der Waals surface area contributed by atoms with Crippen molar-refractivity contribution in [3.05, 3.63) is 53.7 Å². The zero-order valence-corrected chi connectivity index (χ0v) is 14.4. The number of nitrogens with two attached hydrogens (primary N) is 1. The van der Waals surface area contributed by atoms with Crippen LogP contribution in [0.4, 0.5) is 5.69 Å². The SMILES string of the molecule is NOOSc1ccc(S(=O)(=O)Nc2cccc3c(Cl)c[nH]c23)cc1. The summed E-state index contributed by atoms with van der Waals surface area (Å²) in [5.74, 6) is 4.75. The number of hydrogen-bond acceptors (Lipinski definition) is 6. The van der Waals surface area contributed by atoms with E-state index in [1.165, 1.54) is 12.1 Å². The molecule has 0 saturated carbocycles. The number of rotatable bonds is 6. The molecule has 0 aliphatic carbocycles. The predicted molar refractivity (Wildman–Crippen MR) is 92.8 cm³/mol. The van der Waals surface area contributed by atoms with E-state index in [1.807, 2.05) is 0 Å². The number of H-pyrrole nitrogens is 1. The van der Waals surface area contributed by atoms with Crippen molar-refractivity contribution < 1.29 is 17.7 Å². The third-order valence-electron chi connectivity index (χ3n) is 3.21. The summed E-state index contributed by atoms with van der Waals surface area (Å²) in [6, 6.07) is 11.2. The molecule has 0 bridgehead atoms. The second kappa shape index (κ2) is 7.01. The molecule has 2 aromatic carbocycles. The van der Waals surface area contributed by atoms with Crippen LogP contribution in [0.15, 0.2) is 58.5 Å². The molecule has 0 saturated heterocycles. The van der Waals surface area contributed by atoms with Crippen LogP contribution in [0, 0.1) is 0 Å². The number of aromatic nitrogens is 1. The molecule has 7 nitrogen and oxygen atoms in total. The Morgan fingerprint density at radius 3 is 2.62 bits per heavy atom. The average molecular weight is 386 g/mol. The number of nitrogens with one attached hydrogen (secondary N) is 2. The molecule has 3 rings (SSSR count). The van der Waals surface area contributed by atoms with Crippen LogP contribution >= 0.6 is 23.6 Å². The molecule has 10 heteroatoms. The average Bonchev–Trinajstić information content (AvgIpc) is 2.96. The Morgan fingerprint density at radius 1 is 1.17 bits per heavy atom. The van der Waals surface area contributed by atoms with Gasteiger partial charge in [0.15, 0.2) is 0 Å². The van der Waals surface area contributed by atoms with E-state index in [-0.39, 0.29) is 4.90 Å². The van der Waals surface area contributed by atoms with Crippen molar-refractivity contribution in [3.63, 3.8) is 0 Å². The number of fused-ring (bicyclic) bond motifs is 1. The van der Waals surface area contributed by atoms with Crippen molar-refractivity contribution in [2.24, 2.45) is 5.90 Å². The zero-order valence-electron chi connectivity index (χ0n) is 12.0. The lowest BCUT2D eigenvalue weighted by molar-refractivity contribution is -0.195. The fraction of sp³-hybridized carbons (Fsp3) is 0. The van der Waals surface area contributed by atoms with Gasteiger partial charge < -0.3 is 4.98 Å². The highest BCUT2D eigenvalue weighted by Crippen LogP contribution is 2.30. The lowest BCUT2D eigenvalue weighted by Gasteiger charge is -2.09. The first-order valence-electron chi connectivity index (χ1n) is 6.60. The lowest BCUT2D eigenvalue weighted by atomic mass is 10.2. The zero-order chi connectivity index (χ0) is 17.2. The molecular formula is C14H12ClN3O4S2. The van der Waals surface area contributed by atoms with Crippen molar-refractivity contribution in [1.29, 1.82) is 0 Å². The van der Waals surface area contributed by atoms with Crippen LogP contribution in [0.3, 0.4) is 0 Å². The minimum absolute atomic E-state index is 0.107. The highest BCUT2D eigenvalue weighted by Gasteiger charge is 2.16. The van der Waals surface area contributed by atoms with Gasteiger partial charge in [-0.25, -0.2) is 8.42 Å². The van der Waals surface area contributed by atoms with E-state index >= 15 is 0 Å². The topological polar surface area (TPSA) is 106 Å². The molecule has 24 heavy (non-hydrogen) atoms. The Balaban J connectivity index is 1.87. The molecule has 0 fully saturated rings. The van der Waals surface area contributed by atoms with Crippen molar-refractivity contribution in [3.8, 4) is 0 Å². The fourth-order valence-electron chi connectivity index (χ4n) is 2.14. The van der Waals surface area contributed by atoms with Gasteiger partial charge in [-0.1, -0.05) is 23.7 Å². The molecule has 0 aliphatic rings. The largest absolute Gasteiger partial charge is 0.358 e.